The predicted molar refractivity (Wildman–Crippen MR) is 213 cm³/mol. The highest BCUT2D eigenvalue weighted by atomic mass is 32.3. The van der Waals surface area contributed by atoms with Crippen LogP contribution in [0.2, 0.25) is 0 Å². The number of nitrogens with one attached hydrogen (secondary N) is 1. The van der Waals surface area contributed by atoms with Gasteiger partial charge in [0.15, 0.2) is 18.6 Å². The van der Waals surface area contributed by atoms with E-state index in [0.29, 0.717) is 6.42 Å². The van der Waals surface area contributed by atoms with Crippen molar-refractivity contribution in [3.05, 3.63) is 69.6 Å². The van der Waals surface area contributed by atoms with Crippen molar-refractivity contribution in [2.75, 3.05) is 27.2 Å². The summed E-state index contributed by atoms with van der Waals surface area (Å²) in [6, 6.07) is -2.56. The topological polar surface area (TPSA) is 320 Å². The fraction of sp³-hybridized carbons (Fsp3) is 0.658. The van der Waals surface area contributed by atoms with Gasteiger partial charge in [-0.1, -0.05) is 43.7 Å². The highest BCUT2D eigenvalue weighted by Crippen LogP contribution is 2.37. The number of aromatic amines is 1. The van der Waals surface area contributed by atoms with Crippen LogP contribution in [0.5, 0.6) is 0 Å². The Bertz CT molecular complexity index is 1960. The van der Waals surface area contributed by atoms with Gasteiger partial charge >= 0.3 is 28.0 Å². The van der Waals surface area contributed by atoms with Gasteiger partial charge in [0.2, 0.25) is 5.91 Å². The van der Waals surface area contributed by atoms with E-state index in [-0.39, 0.29) is 0 Å². The van der Waals surface area contributed by atoms with Gasteiger partial charge in [0, 0.05) is 38.5 Å². The van der Waals surface area contributed by atoms with Crippen molar-refractivity contribution in [1.29, 1.82) is 0 Å². The fourth-order valence-corrected chi connectivity index (χ4v) is 7.91. The number of aliphatic hydroxyl groups excluding tert-OH is 3. The Morgan fingerprint density at radius 1 is 0.967 bits per heavy atom. The third-order valence-corrected chi connectivity index (χ3v) is 10.9. The minimum atomic E-state index is -5.19. The SMILES string of the molecule is CCC/C=C/CC/C=C/CCCC/C=C/C(=O)OC1CN(C)C([C@@H](O[C@@H]2O[C@H](CN)[C@@H](OS(=O)(=O)O)[C@H]2O)C2O[C@@H](n3ccc(=O)[nH]c3=O)[C@H](O)[C@@H]2O)C(=O)N(C)C1C(=O)O. The summed E-state index contributed by atoms with van der Waals surface area (Å²) in [7, 11) is -2.75. The number of aliphatic hydroxyl groups is 3. The lowest BCUT2D eigenvalue weighted by Crippen LogP contribution is -2.59. The van der Waals surface area contributed by atoms with Gasteiger partial charge in [0.05, 0.1) is 0 Å². The maximum absolute atomic E-state index is 14.4. The average molecular weight is 888 g/mol. The van der Waals surface area contributed by atoms with Gasteiger partial charge in [-0.15, -0.1) is 0 Å². The number of rotatable bonds is 21. The third-order valence-electron chi connectivity index (χ3n) is 10.5. The van der Waals surface area contributed by atoms with Crippen molar-refractivity contribution in [3.8, 4) is 0 Å². The summed E-state index contributed by atoms with van der Waals surface area (Å²) in [4.78, 5) is 68.5. The molecule has 0 aliphatic carbocycles. The van der Waals surface area contributed by atoms with Gasteiger partial charge in [0.1, 0.15) is 54.9 Å². The molecule has 3 fully saturated rings. The van der Waals surface area contributed by atoms with Crippen LogP contribution in [0, 0.1) is 0 Å². The zero-order valence-corrected chi connectivity index (χ0v) is 34.9. The molecule has 4 heterocycles. The number of aliphatic carboxylic acids is 1. The molecule has 1 aromatic rings. The second-order valence-corrected chi connectivity index (χ2v) is 16.0. The molecular formula is C38H57N5O17S. The van der Waals surface area contributed by atoms with E-state index in [0.717, 1.165) is 79.8 Å². The van der Waals surface area contributed by atoms with Gasteiger partial charge < -0.3 is 50.0 Å². The Labute approximate surface area is 352 Å². The maximum atomic E-state index is 14.4. The minimum Gasteiger partial charge on any atom is -0.480 e. The predicted octanol–water partition coefficient (Wildman–Crippen LogP) is -1.28. The van der Waals surface area contributed by atoms with Crippen LogP contribution in [-0.4, -0.2) is 165 Å². The van der Waals surface area contributed by atoms with Crippen molar-refractivity contribution < 1.29 is 70.9 Å². The van der Waals surface area contributed by atoms with Crippen LogP contribution >= 0.6 is 0 Å². The van der Waals surface area contributed by atoms with Crippen molar-refractivity contribution in [2.45, 2.75) is 132 Å². The lowest BCUT2D eigenvalue weighted by atomic mass is 9.97. The molecule has 0 aromatic carbocycles. The molecule has 342 valence electrons. The molecule has 0 radical (unpaired) electrons. The number of nitrogens with zero attached hydrogens (tertiary/aromatic N) is 3. The van der Waals surface area contributed by atoms with Crippen molar-refractivity contribution >= 4 is 28.2 Å². The monoisotopic (exact) mass is 887 g/mol. The lowest BCUT2D eigenvalue weighted by molar-refractivity contribution is -0.233. The van der Waals surface area contributed by atoms with E-state index in [2.05, 4.69) is 35.4 Å². The van der Waals surface area contributed by atoms with E-state index in [4.69, 9.17) is 24.7 Å². The number of carbonyl (C=O) groups is 3. The molecule has 22 nitrogen and oxygen atoms in total. The van der Waals surface area contributed by atoms with Crippen molar-refractivity contribution in [1.82, 2.24) is 19.4 Å². The number of carboxylic acid groups (broad SMARTS) is 1. The molecule has 12 atom stereocenters. The van der Waals surface area contributed by atoms with Gasteiger partial charge in [-0.3, -0.25) is 28.6 Å². The average Bonchev–Trinajstić information content (AvgIpc) is 3.61. The van der Waals surface area contributed by atoms with E-state index >= 15 is 0 Å². The highest BCUT2D eigenvalue weighted by molar-refractivity contribution is 7.80. The van der Waals surface area contributed by atoms with Crippen LogP contribution in [0.1, 0.15) is 64.5 Å². The smallest absolute Gasteiger partial charge is 0.397 e. The molecule has 8 N–H and O–H groups in total. The maximum Gasteiger partial charge on any atom is 0.397 e. The first-order valence-electron chi connectivity index (χ1n) is 19.9. The largest absolute Gasteiger partial charge is 0.480 e. The molecule has 4 rings (SSSR count). The number of H-pyrrole nitrogens is 1. The molecule has 3 aliphatic rings. The number of allylic oxidation sites excluding steroid dienone is 5. The Kier molecular flexibility index (Phi) is 18.5. The number of aromatic nitrogens is 2. The summed E-state index contributed by atoms with van der Waals surface area (Å²) >= 11 is 0. The van der Waals surface area contributed by atoms with Gasteiger partial charge in [-0.05, 0) is 52.0 Å². The molecule has 1 aromatic heterocycles. The molecule has 0 spiro atoms. The Morgan fingerprint density at radius 3 is 2.21 bits per heavy atom. The van der Waals surface area contributed by atoms with Gasteiger partial charge in [0.25, 0.3) is 5.56 Å². The normalized spacial score (nSPS) is 30.8. The molecule has 1 amide bonds. The van der Waals surface area contributed by atoms with Crippen molar-refractivity contribution in [3.63, 3.8) is 0 Å². The molecule has 4 unspecified atom stereocenters. The van der Waals surface area contributed by atoms with E-state index < -0.39 is 126 Å². The van der Waals surface area contributed by atoms with E-state index in [1.165, 1.54) is 11.9 Å². The number of hydrogen-bond acceptors (Lipinski definition) is 17. The Hall–Kier alpha value is -4.14. The Morgan fingerprint density at radius 2 is 1.61 bits per heavy atom. The quantitative estimate of drug-likeness (QED) is 0.0249. The highest BCUT2D eigenvalue weighted by Gasteiger charge is 2.57. The molecule has 3 aliphatic heterocycles. The number of carbonyl (C=O) groups excluding carboxylic acids is 2. The van der Waals surface area contributed by atoms with Crippen LogP contribution in [0.3, 0.4) is 0 Å². The number of amides is 1. The van der Waals surface area contributed by atoms with Gasteiger partial charge in [-0.2, -0.15) is 8.42 Å². The zero-order chi connectivity index (χ0) is 45.0. The second kappa shape index (κ2) is 22.8. The van der Waals surface area contributed by atoms with Crippen LogP contribution in [0.4, 0.5) is 0 Å². The third kappa shape index (κ3) is 13.2. The number of hydrogen-bond donors (Lipinski definition) is 7. The van der Waals surface area contributed by atoms with E-state index in [1.54, 1.807) is 6.08 Å². The van der Waals surface area contributed by atoms with Crippen LogP contribution in [0.15, 0.2) is 58.3 Å². The molecule has 3 saturated heterocycles. The number of nitrogens with two attached hydrogens (primary N) is 1. The molecule has 0 saturated carbocycles. The van der Waals surface area contributed by atoms with E-state index in [9.17, 15) is 57.4 Å². The number of likely N-dealkylation sites (N-methyl/N-ethyl adjacent to an activating group) is 2. The first-order chi connectivity index (χ1) is 28.9. The summed E-state index contributed by atoms with van der Waals surface area (Å²) in [5.41, 5.74) is 3.86. The van der Waals surface area contributed by atoms with Crippen LogP contribution < -0.4 is 17.0 Å². The summed E-state index contributed by atoms with van der Waals surface area (Å²) < 4.78 is 61.1. The minimum absolute atomic E-state index is 0.458. The summed E-state index contributed by atoms with van der Waals surface area (Å²) in [6.07, 6.45) is 1.36. The van der Waals surface area contributed by atoms with Crippen LogP contribution in [0.25, 0.3) is 0 Å². The molecular weight excluding hydrogens is 831 g/mol. The standard InChI is InChI=1S/C38H57N5O17S/c1-4-5-6-7-8-9-10-11-12-13-14-15-16-17-25(45)56-23-21-41(2)27(34(49)42(3)26(23)36(50)51)32(59-37-30(48)31(22(20-39)57-37)60-61(53,54)55)33-28(46)29(47)35(58-33)43-19-18-24(44)40-38(43)52/h6-7,10-11,16-19,22-23,26-33,35,37,46-48H,4-5,8-9,12-15,20-21,39H2,1-3H3,(H,50,51)(H,40,44,52)(H,53,54,55)/b7-6+,11-10+,17-16+/t22-,23?,26?,27?,28+,29-,30-,31-,32-,33?,35-,37+/m1/s1. The number of ether oxygens (including phenoxy) is 4. The summed E-state index contributed by atoms with van der Waals surface area (Å²) in [5, 5.41) is 43.9. The summed E-state index contributed by atoms with van der Waals surface area (Å²) in [6.45, 7) is 1.19. The second-order valence-electron chi connectivity index (χ2n) is 14.9. The molecule has 61 heavy (non-hydrogen) atoms. The first-order valence-corrected chi connectivity index (χ1v) is 21.3. The number of carboxylic acids is 1. The Balaban J connectivity index is 1.56. The van der Waals surface area contributed by atoms with Crippen LogP contribution in [-0.2, 0) is 47.9 Å². The fourth-order valence-electron chi connectivity index (χ4n) is 7.39. The van der Waals surface area contributed by atoms with E-state index in [1.807, 2.05) is 4.98 Å². The summed E-state index contributed by atoms with van der Waals surface area (Å²) in [5.74, 6) is -3.45. The number of unbranched alkanes of at least 4 members (excludes halogenated alkanes) is 5. The zero-order valence-electron chi connectivity index (χ0n) is 34.1. The molecule has 23 heteroatoms. The number of esters is 1. The molecule has 0 bridgehead atoms. The van der Waals surface area contributed by atoms with Crippen molar-refractivity contribution in [2.24, 2.45) is 5.73 Å². The first kappa shape index (κ1) is 49.5. The van der Waals surface area contributed by atoms with Gasteiger partial charge in [-0.25, -0.2) is 18.6 Å². The lowest BCUT2D eigenvalue weighted by Gasteiger charge is -2.38.